The van der Waals surface area contributed by atoms with Gasteiger partial charge in [0.15, 0.2) is 11.5 Å². The van der Waals surface area contributed by atoms with Crippen LogP contribution in [0, 0.1) is 0 Å². The van der Waals surface area contributed by atoms with Gasteiger partial charge in [-0.05, 0) is 61.3 Å². The van der Waals surface area contributed by atoms with E-state index in [0.29, 0.717) is 36.8 Å². The molecule has 0 radical (unpaired) electrons. The molecular formula is C26H34N2O5. The molecule has 178 valence electrons. The summed E-state index contributed by atoms with van der Waals surface area (Å²) in [6, 6.07) is 12.4. The minimum atomic E-state index is -0.521. The molecule has 1 N–H and O–H groups in total. The number of ether oxygens (including phenoxy) is 3. The van der Waals surface area contributed by atoms with Crippen LogP contribution in [0.25, 0.3) is 0 Å². The summed E-state index contributed by atoms with van der Waals surface area (Å²) in [4.78, 5) is 26.7. The Labute approximate surface area is 196 Å². The summed E-state index contributed by atoms with van der Waals surface area (Å²) in [5.74, 6) is 1.67. The van der Waals surface area contributed by atoms with Crippen molar-refractivity contribution in [1.29, 1.82) is 0 Å². The Morgan fingerprint density at radius 1 is 0.970 bits per heavy atom. The van der Waals surface area contributed by atoms with Crippen LogP contribution in [0.5, 0.6) is 17.2 Å². The molecule has 0 aromatic heterocycles. The van der Waals surface area contributed by atoms with Crippen molar-refractivity contribution in [3.8, 4) is 17.2 Å². The maximum Gasteiger partial charge on any atom is 0.251 e. The molecule has 1 aliphatic heterocycles. The lowest BCUT2D eigenvalue weighted by atomic mass is 10.1. The molecule has 3 rings (SSSR count). The molecule has 2 aromatic rings. The van der Waals surface area contributed by atoms with E-state index in [1.54, 1.807) is 26.4 Å². The first-order valence-corrected chi connectivity index (χ1v) is 11.6. The Kier molecular flexibility index (Phi) is 9.13. The van der Waals surface area contributed by atoms with Crippen molar-refractivity contribution < 1.29 is 23.8 Å². The van der Waals surface area contributed by atoms with Crippen LogP contribution in [-0.4, -0.2) is 45.2 Å². The highest BCUT2D eigenvalue weighted by molar-refractivity contribution is 6.22. The molecule has 0 saturated carbocycles. The fourth-order valence-corrected chi connectivity index (χ4v) is 3.90. The highest BCUT2D eigenvalue weighted by atomic mass is 16.5. The predicted molar refractivity (Wildman–Crippen MR) is 128 cm³/mol. The summed E-state index contributed by atoms with van der Waals surface area (Å²) in [5, 5.41) is 3.22. The third kappa shape index (κ3) is 6.48. The highest BCUT2D eigenvalue weighted by Crippen LogP contribution is 2.28. The van der Waals surface area contributed by atoms with Crippen molar-refractivity contribution in [1.82, 2.24) is 5.32 Å². The van der Waals surface area contributed by atoms with Gasteiger partial charge in [0.25, 0.3) is 5.91 Å². The largest absolute Gasteiger partial charge is 0.494 e. The lowest BCUT2D eigenvalue weighted by molar-refractivity contribution is -0.121. The van der Waals surface area contributed by atoms with Crippen molar-refractivity contribution in [2.45, 2.75) is 51.5 Å². The van der Waals surface area contributed by atoms with Gasteiger partial charge in [-0.2, -0.15) is 0 Å². The van der Waals surface area contributed by atoms with E-state index in [1.807, 2.05) is 30.3 Å². The molecule has 0 bridgehead atoms. The zero-order valence-electron chi connectivity index (χ0n) is 19.8. The van der Waals surface area contributed by atoms with Crippen molar-refractivity contribution in [3.05, 3.63) is 48.0 Å². The summed E-state index contributed by atoms with van der Waals surface area (Å²) >= 11 is 0. The van der Waals surface area contributed by atoms with E-state index in [0.717, 1.165) is 24.2 Å². The monoisotopic (exact) mass is 454 g/mol. The molecule has 1 heterocycles. The number of hydrogen-bond donors (Lipinski definition) is 1. The fraction of sp³-hybridized carbons (Fsp3) is 0.462. The van der Waals surface area contributed by atoms with Crippen LogP contribution in [0.2, 0.25) is 0 Å². The summed E-state index contributed by atoms with van der Waals surface area (Å²) in [7, 11) is 3.20. The molecule has 1 saturated heterocycles. The number of carbonyl (C=O) groups excluding carboxylic acids is 2. The van der Waals surface area contributed by atoms with Gasteiger partial charge < -0.3 is 19.5 Å². The molecule has 0 unspecified atom stereocenters. The zero-order valence-corrected chi connectivity index (χ0v) is 19.8. The van der Waals surface area contributed by atoms with Crippen LogP contribution >= 0.6 is 0 Å². The number of anilines is 1. The van der Waals surface area contributed by atoms with Crippen molar-refractivity contribution in [2.75, 3.05) is 32.3 Å². The smallest absolute Gasteiger partial charge is 0.251 e. The highest BCUT2D eigenvalue weighted by Gasteiger charge is 2.39. The van der Waals surface area contributed by atoms with E-state index in [2.05, 4.69) is 12.2 Å². The second-order valence-corrected chi connectivity index (χ2v) is 8.12. The van der Waals surface area contributed by atoms with Gasteiger partial charge in [-0.3, -0.25) is 9.59 Å². The van der Waals surface area contributed by atoms with E-state index < -0.39 is 6.04 Å². The first-order chi connectivity index (χ1) is 16.1. The zero-order chi connectivity index (χ0) is 23.6. The van der Waals surface area contributed by atoms with Crippen molar-refractivity contribution in [2.24, 2.45) is 0 Å². The van der Waals surface area contributed by atoms with E-state index >= 15 is 0 Å². The predicted octanol–water partition coefficient (Wildman–Crippen LogP) is 4.13. The number of methoxy groups -OCH3 is 2. The second-order valence-electron chi connectivity index (χ2n) is 8.12. The summed E-state index contributed by atoms with van der Waals surface area (Å²) in [6.45, 7) is 3.42. The van der Waals surface area contributed by atoms with Crippen molar-refractivity contribution in [3.63, 3.8) is 0 Å². The van der Waals surface area contributed by atoms with Crippen LogP contribution < -0.4 is 24.4 Å². The number of unbranched alkanes of at least 4 members (excludes halogenated alkanes) is 3. The van der Waals surface area contributed by atoms with Gasteiger partial charge in [0, 0.05) is 0 Å². The number of nitrogens with one attached hydrogen (secondary N) is 1. The number of hydrogen-bond acceptors (Lipinski definition) is 6. The Bertz CT molecular complexity index is 929. The molecule has 0 aliphatic carbocycles. The molecule has 1 atom stereocenters. The van der Waals surface area contributed by atoms with Gasteiger partial charge in [-0.25, -0.2) is 4.90 Å². The van der Waals surface area contributed by atoms with Gasteiger partial charge in [0.1, 0.15) is 5.75 Å². The van der Waals surface area contributed by atoms with E-state index in [-0.39, 0.29) is 18.2 Å². The maximum atomic E-state index is 12.9. The molecule has 7 heteroatoms. The van der Waals surface area contributed by atoms with Crippen LogP contribution in [0.3, 0.4) is 0 Å². The van der Waals surface area contributed by atoms with Gasteiger partial charge in [0.2, 0.25) is 5.91 Å². The number of nitrogens with zero attached hydrogens (tertiary/aromatic N) is 1. The van der Waals surface area contributed by atoms with E-state index in [4.69, 9.17) is 14.2 Å². The molecule has 0 spiro atoms. The maximum absolute atomic E-state index is 12.9. The molecule has 33 heavy (non-hydrogen) atoms. The average molecular weight is 455 g/mol. The van der Waals surface area contributed by atoms with Crippen LogP contribution in [-0.2, 0) is 16.0 Å². The van der Waals surface area contributed by atoms with E-state index in [9.17, 15) is 9.59 Å². The van der Waals surface area contributed by atoms with Crippen LogP contribution in [0.4, 0.5) is 5.69 Å². The number of amides is 2. The van der Waals surface area contributed by atoms with Crippen molar-refractivity contribution >= 4 is 17.5 Å². The normalized spacial score (nSPS) is 15.7. The lowest BCUT2D eigenvalue weighted by Gasteiger charge is -2.16. The molecule has 2 aromatic carbocycles. The second kappa shape index (κ2) is 12.3. The minimum Gasteiger partial charge on any atom is -0.494 e. The third-order valence-corrected chi connectivity index (χ3v) is 5.76. The van der Waals surface area contributed by atoms with Crippen LogP contribution in [0.1, 0.15) is 44.6 Å². The molecular weight excluding hydrogens is 420 g/mol. The van der Waals surface area contributed by atoms with Gasteiger partial charge in [-0.1, -0.05) is 32.3 Å². The number of rotatable bonds is 13. The fourth-order valence-electron chi connectivity index (χ4n) is 3.90. The molecule has 1 aliphatic rings. The lowest BCUT2D eigenvalue weighted by Crippen LogP contribution is -2.39. The van der Waals surface area contributed by atoms with Gasteiger partial charge >= 0.3 is 0 Å². The number of carbonyl (C=O) groups is 2. The number of benzene rings is 2. The molecule has 1 fully saturated rings. The van der Waals surface area contributed by atoms with E-state index in [1.165, 1.54) is 17.7 Å². The molecule has 7 nitrogen and oxygen atoms in total. The van der Waals surface area contributed by atoms with Crippen LogP contribution in [0.15, 0.2) is 42.5 Å². The third-order valence-electron chi connectivity index (χ3n) is 5.76. The Hall–Kier alpha value is -3.06. The first-order valence-electron chi connectivity index (χ1n) is 11.6. The van der Waals surface area contributed by atoms with Gasteiger partial charge in [-0.15, -0.1) is 0 Å². The number of imide groups is 1. The minimum absolute atomic E-state index is 0.153. The summed E-state index contributed by atoms with van der Waals surface area (Å²) < 4.78 is 16.4. The average Bonchev–Trinajstić information content (AvgIpc) is 3.12. The first kappa shape index (κ1) is 24.6. The summed E-state index contributed by atoms with van der Waals surface area (Å²) in [6.07, 6.45) is 5.44. The topological polar surface area (TPSA) is 77.1 Å². The van der Waals surface area contributed by atoms with Gasteiger partial charge in [0.05, 0.1) is 39.0 Å². The Morgan fingerprint density at radius 2 is 1.73 bits per heavy atom. The Balaban J connectivity index is 1.51. The Morgan fingerprint density at radius 3 is 2.42 bits per heavy atom. The molecule has 2 amide bonds. The quantitative estimate of drug-likeness (QED) is 0.362. The SMILES string of the molecule is CCCCCCOc1ccc(N2C(=O)C[C@@H](NCCc3ccc(OC)c(OC)c3)C2=O)cc1. The summed E-state index contributed by atoms with van der Waals surface area (Å²) in [5.41, 5.74) is 1.63. The standard InChI is InChI=1S/C26H34N2O5/c1-4-5-6-7-16-33-21-11-9-20(10-12-21)28-25(29)18-22(26(28)30)27-15-14-19-8-13-23(31-2)24(17-19)32-3/h8-13,17,22,27H,4-7,14-16,18H2,1-3H3/t22-/m1/s1.